The summed E-state index contributed by atoms with van der Waals surface area (Å²) in [5.74, 6) is -1.02. The van der Waals surface area contributed by atoms with E-state index in [0.717, 1.165) is 0 Å². The van der Waals surface area contributed by atoms with Crippen molar-refractivity contribution in [1.29, 1.82) is 5.26 Å². The third-order valence-corrected chi connectivity index (χ3v) is 5.76. The summed E-state index contributed by atoms with van der Waals surface area (Å²) in [5.41, 5.74) is 0.668. The third-order valence-electron chi connectivity index (χ3n) is 4.01. The Morgan fingerprint density at radius 1 is 1.32 bits per heavy atom. The van der Waals surface area contributed by atoms with Gasteiger partial charge in [-0.2, -0.15) is 5.26 Å². The van der Waals surface area contributed by atoms with Crippen LogP contribution in [-0.4, -0.2) is 55.9 Å². The highest BCUT2D eigenvalue weighted by Gasteiger charge is 2.34. The van der Waals surface area contributed by atoms with Gasteiger partial charge in [-0.05, 0) is 37.1 Å². The van der Waals surface area contributed by atoms with Gasteiger partial charge in [-0.1, -0.05) is 6.92 Å². The van der Waals surface area contributed by atoms with Crippen LogP contribution < -0.4 is 0 Å². The SMILES string of the molecule is CCCN(C(=O)COC(=O)c1ccc(C#N)cc1)[C@@H]1CCS(=O)(=O)C1. The molecular formula is C17H20N2O5S. The topological polar surface area (TPSA) is 105 Å². The van der Waals surface area contributed by atoms with Crippen LogP contribution in [0.15, 0.2) is 24.3 Å². The predicted octanol–water partition coefficient (Wildman–Crippen LogP) is 1.14. The Hall–Kier alpha value is -2.40. The monoisotopic (exact) mass is 364 g/mol. The van der Waals surface area contributed by atoms with Crippen molar-refractivity contribution in [2.24, 2.45) is 0 Å². The molecule has 1 aliphatic rings. The van der Waals surface area contributed by atoms with Gasteiger partial charge in [0.25, 0.3) is 5.91 Å². The number of carbonyl (C=O) groups excluding carboxylic acids is 2. The standard InChI is InChI=1S/C17H20N2O5S/c1-2-8-19(15-7-9-25(22,23)12-15)16(20)11-24-17(21)14-5-3-13(10-18)4-6-14/h3-6,15H,2,7-9,11-12H2,1H3/t15-/m1/s1. The lowest BCUT2D eigenvalue weighted by molar-refractivity contribution is -0.136. The summed E-state index contributed by atoms with van der Waals surface area (Å²) < 4.78 is 28.3. The molecule has 1 aromatic carbocycles. The van der Waals surface area contributed by atoms with E-state index in [9.17, 15) is 18.0 Å². The van der Waals surface area contributed by atoms with Crippen LogP contribution >= 0.6 is 0 Å². The lowest BCUT2D eigenvalue weighted by Gasteiger charge is -2.27. The minimum atomic E-state index is -3.10. The molecule has 0 radical (unpaired) electrons. The van der Waals surface area contributed by atoms with Gasteiger partial charge in [-0.3, -0.25) is 4.79 Å². The summed E-state index contributed by atoms with van der Waals surface area (Å²) in [6.07, 6.45) is 1.10. The second-order valence-corrected chi connectivity index (χ2v) is 8.14. The van der Waals surface area contributed by atoms with E-state index < -0.39 is 28.3 Å². The molecule has 1 atom stereocenters. The highest BCUT2D eigenvalue weighted by atomic mass is 32.2. The molecule has 0 saturated carbocycles. The second kappa shape index (κ2) is 8.12. The van der Waals surface area contributed by atoms with Crippen molar-refractivity contribution in [2.75, 3.05) is 24.7 Å². The summed E-state index contributed by atoms with van der Waals surface area (Å²) in [4.78, 5) is 25.9. The van der Waals surface area contributed by atoms with Crippen molar-refractivity contribution < 1.29 is 22.7 Å². The number of nitrogens with zero attached hydrogens (tertiary/aromatic N) is 2. The van der Waals surface area contributed by atoms with E-state index in [1.807, 2.05) is 13.0 Å². The maximum atomic E-state index is 12.4. The Bertz CT molecular complexity index is 780. The van der Waals surface area contributed by atoms with E-state index in [1.165, 1.54) is 29.2 Å². The summed E-state index contributed by atoms with van der Waals surface area (Å²) in [7, 11) is -3.10. The maximum Gasteiger partial charge on any atom is 0.338 e. The summed E-state index contributed by atoms with van der Waals surface area (Å²) in [6, 6.07) is 7.49. The number of hydrogen-bond donors (Lipinski definition) is 0. The molecule has 1 heterocycles. The number of sulfone groups is 1. The van der Waals surface area contributed by atoms with Crippen LogP contribution in [0.1, 0.15) is 35.7 Å². The minimum absolute atomic E-state index is 0.0394. The molecule has 1 saturated heterocycles. The van der Waals surface area contributed by atoms with Crippen molar-refractivity contribution in [3.63, 3.8) is 0 Å². The highest BCUT2D eigenvalue weighted by Crippen LogP contribution is 2.18. The first-order valence-corrected chi connectivity index (χ1v) is 9.85. The largest absolute Gasteiger partial charge is 0.452 e. The number of benzene rings is 1. The van der Waals surface area contributed by atoms with Gasteiger partial charge in [0.15, 0.2) is 16.4 Å². The van der Waals surface area contributed by atoms with Crippen LogP contribution in [0.3, 0.4) is 0 Å². The van der Waals surface area contributed by atoms with Crippen molar-refractivity contribution in [3.8, 4) is 6.07 Å². The molecule has 0 N–H and O–H groups in total. The molecule has 1 aromatic rings. The van der Waals surface area contributed by atoms with Crippen LogP contribution in [0.5, 0.6) is 0 Å². The molecule has 2 rings (SSSR count). The van der Waals surface area contributed by atoms with Gasteiger partial charge in [0, 0.05) is 12.6 Å². The van der Waals surface area contributed by atoms with E-state index in [1.54, 1.807) is 0 Å². The molecule has 8 heteroatoms. The summed E-state index contributed by atoms with van der Waals surface area (Å²) in [5, 5.41) is 8.74. The zero-order valence-electron chi connectivity index (χ0n) is 14.0. The van der Waals surface area contributed by atoms with E-state index in [2.05, 4.69) is 0 Å². The number of rotatable bonds is 6. The average molecular weight is 364 g/mol. The zero-order chi connectivity index (χ0) is 18.4. The Morgan fingerprint density at radius 3 is 2.52 bits per heavy atom. The number of carbonyl (C=O) groups is 2. The van der Waals surface area contributed by atoms with Crippen LogP contribution in [0.4, 0.5) is 0 Å². The third kappa shape index (κ3) is 5.03. The molecular weight excluding hydrogens is 344 g/mol. The van der Waals surface area contributed by atoms with Crippen molar-refractivity contribution in [2.45, 2.75) is 25.8 Å². The van der Waals surface area contributed by atoms with Crippen LogP contribution in [0.2, 0.25) is 0 Å². The van der Waals surface area contributed by atoms with Crippen molar-refractivity contribution in [3.05, 3.63) is 35.4 Å². The minimum Gasteiger partial charge on any atom is -0.452 e. The summed E-state index contributed by atoms with van der Waals surface area (Å²) >= 11 is 0. The Balaban J connectivity index is 1.96. The molecule has 0 bridgehead atoms. The first-order valence-electron chi connectivity index (χ1n) is 8.03. The normalized spacial score (nSPS) is 18.3. The number of ether oxygens (including phenoxy) is 1. The van der Waals surface area contributed by atoms with Gasteiger partial charge in [0.05, 0.1) is 28.7 Å². The van der Waals surface area contributed by atoms with E-state index in [4.69, 9.17) is 10.00 Å². The molecule has 0 spiro atoms. The van der Waals surface area contributed by atoms with E-state index in [0.29, 0.717) is 24.9 Å². The molecule has 1 aliphatic heterocycles. The van der Waals surface area contributed by atoms with Crippen LogP contribution in [0, 0.1) is 11.3 Å². The van der Waals surface area contributed by atoms with Gasteiger partial charge in [0.1, 0.15) is 0 Å². The molecule has 0 unspecified atom stereocenters. The quantitative estimate of drug-likeness (QED) is 0.701. The molecule has 1 amide bonds. The lowest BCUT2D eigenvalue weighted by atomic mass is 10.1. The maximum absolute atomic E-state index is 12.4. The molecule has 0 aliphatic carbocycles. The Kier molecular flexibility index (Phi) is 6.15. The second-order valence-electron chi connectivity index (χ2n) is 5.91. The van der Waals surface area contributed by atoms with Gasteiger partial charge in [-0.25, -0.2) is 13.2 Å². The van der Waals surface area contributed by atoms with E-state index >= 15 is 0 Å². The fourth-order valence-electron chi connectivity index (χ4n) is 2.75. The van der Waals surface area contributed by atoms with Gasteiger partial charge in [-0.15, -0.1) is 0 Å². The number of esters is 1. The van der Waals surface area contributed by atoms with Crippen molar-refractivity contribution >= 4 is 21.7 Å². The van der Waals surface area contributed by atoms with Crippen LogP contribution in [0.25, 0.3) is 0 Å². The molecule has 0 aromatic heterocycles. The Labute approximate surface area is 147 Å². The fraction of sp³-hybridized carbons (Fsp3) is 0.471. The predicted molar refractivity (Wildman–Crippen MR) is 90.5 cm³/mol. The lowest BCUT2D eigenvalue weighted by Crippen LogP contribution is -2.43. The Morgan fingerprint density at radius 2 is 2.00 bits per heavy atom. The van der Waals surface area contributed by atoms with Crippen LogP contribution in [-0.2, 0) is 19.4 Å². The molecule has 134 valence electrons. The van der Waals surface area contributed by atoms with Crippen molar-refractivity contribution in [1.82, 2.24) is 4.90 Å². The molecule has 7 nitrogen and oxygen atoms in total. The number of amides is 1. The average Bonchev–Trinajstić information content (AvgIpc) is 2.96. The molecule has 1 fully saturated rings. The van der Waals surface area contributed by atoms with E-state index in [-0.39, 0.29) is 23.1 Å². The first kappa shape index (κ1) is 18.9. The zero-order valence-corrected chi connectivity index (χ0v) is 14.8. The highest BCUT2D eigenvalue weighted by molar-refractivity contribution is 7.91. The van der Waals surface area contributed by atoms with Gasteiger partial charge in [0.2, 0.25) is 0 Å². The smallest absolute Gasteiger partial charge is 0.338 e. The molecule has 25 heavy (non-hydrogen) atoms. The number of nitriles is 1. The first-order chi connectivity index (χ1) is 11.9. The fourth-order valence-corrected chi connectivity index (χ4v) is 4.48. The summed E-state index contributed by atoms with van der Waals surface area (Å²) in [6.45, 7) is 1.88. The van der Waals surface area contributed by atoms with Gasteiger partial charge >= 0.3 is 5.97 Å². The number of hydrogen-bond acceptors (Lipinski definition) is 6. The van der Waals surface area contributed by atoms with Gasteiger partial charge < -0.3 is 9.64 Å².